The molecule has 2 unspecified atom stereocenters. The summed E-state index contributed by atoms with van der Waals surface area (Å²) in [6, 6.07) is 8.60. The van der Waals surface area contributed by atoms with Crippen LogP contribution in [0.2, 0.25) is 0 Å². The summed E-state index contributed by atoms with van der Waals surface area (Å²) < 4.78 is 10.7. The van der Waals surface area contributed by atoms with E-state index in [0.717, 1.165) is 31.5 Å². The summed E-state index contributed by atoms with van der Waals surface area (Å²) in [6.07, 6.45) is 3.37. The smallest absolute Gasteiger partial charge is 0.328 e. The predicted octanol–water partition coefficient (Wildman–Crippen LogP) is 2.00. The lowest BCUT2D eigenvalue weighted by Crippen LogP contribution is -2.39. The predicted molar refractivity (Wildman–Crippen MR) is 94.5 cm³/mol. The standard InChI is InChI=1S/C19H23N3O4/c1-13(19(24)26-11-14-6-3-2-4-7-14)21-17(23)16-12-25-18(22-16)15-8-5-9-20-10-15/h2-4,6-7,12-13,15,20H,5,8-11H2,1H3,(H,21,23). The average molecular weight is 357 g/mol. The van der Waals surface area contributed by atoms with Crippen LogP contribution in [-0.2, 0) is 16.1 Å². The first kappa shape index (κ1) is 18.1. The van der Waals surface area contributed by atoms with Crippen LogP contribution in [0, 0.1) is 0 Å². The van der Waals surface area contributed by atoms with Crippen molar-refractivity contribution in [2.45, 2.75) is 38.3 Å². The maximum Gasteiger partial charge on any atom is 0.328 e. The molecule has 2 aromatic rings. The minimum Gasteiger partial charge on any atom is -0.459 e. The number of hydrogen-bond donors (Lipinski definition) is 2. The van der Waals surface area contributed by atoms with E-state index in [2.05, 4.69) is 15.6 Å². The van der Waals surface area contributed by atoms with Gasteiger partial charge in [-0.05, 0) is 31.9 Å². The zero-order valence-electron chi connectivity index (χ0n) is 14.7. The van der Waals surface area contributed by atoms with Crippen LogP contribution in [0.3, 0.4) is 0 Å². The van der Waals surface area contributed by atoms with Crippen LogP contribution in [0.4, 0.5) is 0 Å². The molecule has 2 atom stereocenters. The molecule has 1 fully saturated rings. The van der Waals surface area contributed by atoms with Crippen LogP contribution < -0.4 is 10.6 Å². The number of ether oxygens (including phenoxy) is 1. The molecule has 0 saturated carbocycles. The fraction of sp³-hybridized carbons (Fsp3) is 0.421. The Morgan fingerprint density at radius 3 is 2.92 bits per heavy atom. The van der Waals surface area contributed by atoms with Gasteiger partial charge < -0.3 is 19.8 Å². The van der Waals surface area contributed by atoms with E-state index in [4.69, 9.17) is 9.15 Å². The van der Waals surface area contributed by atoms with Gasteiger partial charge in [0.15, 0.2) is 11.6 Å². The lowest BCUT2D eigenvalue weighted by molar-refractivity contribution is -0.146. The largest absolute Gasteiger partial charge is 0.459 e. The number of rotatable bonds is 6. The quantitative estimate of drug-likeness (QED) is 0.768. The molecule has 1 aliphatic heterocycles. The number of esters is 1. The average Bonchev–Trinajstić information content (AvgIpc) is 3.18. The molecule has 1 amide bonds. The number of benzene rings is 1. The van der Waals surface area contributed by atoms with Gasteiger partial charge in [0.2, 0.25) is 0 Å². The third-order valence-corrected chi connectivity index (χ3v) is 4.33. The van der Waals surface area contributed by atoms with Crippen molar-refractivity contribution in [3.63, 3.8) is 0 Å². The summed E-state index contributed by atoms with van der Waals surface area (Å²) in [5, 5.41) is 5.88. The fourth-order valence-corrected chi connectivity index (χ4v) is 2.83. The number of nitrogens with one attached hydrogen (secondary N) is 2. The summed E-state index contributed by atoms with van der Waals surface area (Å²) in [7, 11) is 0. The third kappa shape index (κ3) is 4.70. The van der Waals surface area contributed by atoms with Gasteiger partial charge in [0.1, 0.15) is 18.9 Å². The molecule has 1 aromatic heterocycles. The van der Waals surface area contributed by atoms with Gasteiger partial charge in [-0.15, -0.1) is 0 Å². The molecular formula is C19H23N3O4. The molecule has 0 aliphatic carbocycles. The number of aromatic nitrogens is 1. The zero-order chi connectivity index (χ0) is 18.4. The topological polar surface area (TPSA) is 93.5 Å². The lowest BCUT2D eigenvalue weighted by Gasteiger charge is -2.19. The first-order chi connectivity index (χ1) is 12.6. The molecule has 0 spiro atoms. The van der Waals surface area contributed by atoms with Crippen LogP contribution >= 0.6 is 0 Å². The second kappa shape index (κ2) is 8.62. The van der Waals surface area contributed by atoms with Crippen molar-refractivity contribution < 1.29 is 18.7 Å². The Morgan fingerprint density at radius 1 is 1.38 bits per heavy atom. The van der Waals surface area contributed by atoms with Crippen LogP contribution in [0.5, 0.6) is 0 Å². The molecule has 26 heavy (non-hydrogen) atoms. The van der Waals surface area contributed by atoms with E-state index in [0.29, 0.717) is 5.89 Å². The number of hydrogen-bond acceptors (Lipinski definition) is 6. The first-order valence-corrected chi connectivity index (χ1v) is 8.81. The van der Waals surface area contributed by atoms with Crippen LogP contribution in [0.25, 0.3) is 0 Å². The van der Waals surface area contributed by atoms with E-state index in [1.165, 1.54) is 6.26 Å². The van der Waals surface area contributed by atoms with E-state index < -0.39 is 17.9 Å². The van der Waals surface area contributed by atoms with Crippen LogP contribution in [0.1, 0.15) is 47.6 Å². The lowest BCUT2D eigenvalue weighted by atomic mass is 10.00. The van der Waals surface area contributed by atoms with Gasteiger partial charge in [0, 0.05) is 12.5 Å². The molecule has 3 rings (SSSR count). The maximum absolute atomic E-state index is 12.3. The van der Waals surface area contributed by atoms with E-state index in [9.17, 15) is 9.59 Å². The Morgan fingerprint density at radius 2 is 2.19 bits per heavy atom. The Hall–Kier alpha value is -2.67. The Bertz CT molecular complexity index is 738. The van der Waals surface area contributed by atoms with Crippen molar-refractivity contribution in [3.05, 3.63) is 53.7 Å². The van der Waals surface area contributed by atoms with Crippen molar-refractivity contribution in [3.8, 4) is 0 Å². The van der Waals surface area contributed by atoms with Gasteiger partial charge in [-0.25, -0.2) is 9.78 Å². The van der Waals surface area contributed by atoms with Crippen molar-refractivity contribution in [1.82, 2.24) is 15.6 Å². The highest BCUT2D eigenvalue weighted by atomic mass is 16.5. The van der Waals surface area contributed by atoms with Gasteiger partial charge >= 0.3 is 5.97 Å². The molecule has 0 bridgehead atoms. The number of oxazole rings is 1. The van der Waals surface area contributed by atoms with Gasteiger partial charge in [-0.2, -0.15) is 0 Å². The Kier molecular flexibility index (Phi) is 6.01. The summed E-state index contributed by atoms with van der Waals surface area (Å²) in [5.74, 6) is -0.212. The van der Waals surface area contributed by atoms with Gasteiger partial charge in [-0.1, -0.05) is 30.3 Å². The van der Waals surface area contributed by atoms with Crippen molar-refractivity contribution in [1.29, 1.82) is 0 Å². The highest BCUT2D eigenvalue weighted by Gasteiger charge is 2.24. The molecule has 1 aromatic carbocycles. The van der Waals surface area contributed by atoms with Gasteiger partial charge in [0.25, 0.3) is 5.91 Å². The maximum atomic E-state index is 12.3. The van der Waals surface area contributed by atoms with E-state index in [1.807, 2.05) is 30.3 Å². The van der Waals surface area contributed by atoms with Crippen molar-refractivity contribution in [2.24, 2.45) is 0 Å². The van der Waals surface area contributed by atoms with Crippen molar-refractivity contribution >= 4 is 11.9 Å². The minimum absolute atomic E-state index is 0.169. The van der Waals surface area contributed by atoms with Gasteiger partial charge in [0.05, 0.1) is 0 Å². The second-order valence-corrected chi connectivity index (χ2v) is 6.40. The van der Waals surface area contributed by atoms with E-state index in [1.54, 1.807) is 6.92 Å². The molecule has 138 valence electrons. The molecule has 2 N–H and O–H groups in total. The molecule has 1 saturated heterocycles. The summed E-state index contributed by atoms with van der Waals surface area (Å²) in [6.45, 7) is 3.54. The minimum atomic E-state index is -0.775. The SMILES string of the molecule is CC(NC(=O)c1coc(C2CCCNC2)n1)C(=O)OCc1ccccc1. The third-order valence-electron chi connectivity index (χ3n) is 4.33. The van der Waals surface area contributed by atoms with E-state index >= 15 is 0 Å². The zero-order valence-corrected chi connectivity index (χ0v) is 14.7. The first-order valence-electron chi connectivity index (χ1n) is 8.81. The molecule has 1 aliphatic rings. The number of piperidine rings is 1. The fourth-order valence-electron chi connectivity index (χ4n) is 2.83. The Labute approximate surface area is 152 Å². The number of nitrogens with zero attached hydrogens (tertiary/aromatic N) is 1. The monoisotopic (exact) mass is 357 g/mol. The molecule has 2 heterocycles. The molecule has 7 heteroatoms. The summed E-state index contributed by atoms with van der Waals surface area (Å²) >= 11 is 0. The summed E-state index contributed by atoms with van der Waals surface area (Å²) in [5.41, 5.74) is 1.06. The molecule has 0 radical (unpaired) electrons. The van der Waals surface area contributed by atoms with Crippen LogP contribution in [0.15, 0.2) is 41.0 Å². The number of carbonyl (C=O) groups is 2. The van der Waals surface area contributed by atoms with E-state index in [-0.39, 0.29) is 18.2 Å². The Balaban J connectivity index is 1.50. The molecule has 7 nitrogen and oxygen atoms in total. The van der Waals surface area contributed by atoms with Crippen molar-refractivity contribution in [2.75, 3.05) is 13.1 Å². The summed E-state index contributed by atoms with van der Waals surface area (Å²) in [4.78, 5) is 28.6. The number of amides is 1. The highest BCUT2D eigenvalue weighted by molar-refractivity contribution is 5.94. The second-order valence-electron chi connectivity index (χ2n) is 6.40. The van der Waals surface area contributed by atoms with Gasteiger partial charge in [-0.3, -0.25) is 4.79 Å². The normalized spacial score (nSPS) is 18.1. The number of carbonyl (C=O) groups excluding carboxylic acids is 2. The van der Waals surface area contributed by atoms with Crippen LogP contribution in [-0.4, -0.2) is 36.0 Å². The molecular weight excluding hydrogens is 334 g/mol. The highest BCUT2D eigenvalue weighted by Crippen LogP contribution is 2.22.